The van der Waals surface area contributed by atoms with E-state index in [0.717, 1.165) is 21.6 Å². The zero-order valence-electron chi connectivity index (χ0n) is 13.4. The van der Waals surface area contributed by atoms with Gasteiger partial charge in [-0.05, 0) is 71.3 Å². The topological polar surface area (TPSA) is 34.1 Å². The molecule has 1 aliphatic carbocycles. The van der Waals surface area contributed by atoms with Crippen LogP contribution >= 0.6 is 22.7 Å². The molecule has 1 aliphatic rings. The lowest BCUT2D eigenvalue weighted by Crippen LogP contribution is -2.21. The average Bonchev–Trinajstić information content (AvgIpc) is 3.37. The Hall–Kier alpha value is -2.82. The first-order valence-corrected chi connectivity index (χ1v) is 9.66. The van der Waals surface area contributed by atoms with Crippen LogP contribution in [0.15, 0.2) is 60.7 Å². The normalized spacial score (nSPS) is 12.8. The van der Waals surface area contributed by atoms with Gasteiger partial charge in [0.15, 0.2) is 0 Å². The molecule has 2 aromatic carbocycles. The van der Waals surface area contributed by atoms with Gasteiger partial charge in [-0.1, -0.05) is 12.1 Å². The Morgan fingerprint density at radius 2 is 1.50 bits per heavy atom. The van der Waals surface area contributed by atoms with Crippen molar-refractivity contribution in [1.29, 1.82) is 0 Å². The summed E-state index contributed by atoms with van der Waals surface area (Å²) in [7, 11) is 0. The van der Waals surface area contributed by atoms with E-state index in [1.165, 1.54) is 9.75 Å². The van der Waals surface area contributed by atoms with Crippen molar-refractivity contribution in [2.75, 3.05) is 0 Å². The zero-order valence-corrected chi connectivity index (χ0v) is 15.0. The van der Waals surface area contributed by atoms with Crippen molar-refractivity contribution >= 4 is 34.2 Å². The molecule has 4 heteroatoms. The largest absolute Gasteiger partial charge is 0.285 e. The van der Waals surface area contributed by atoms with Crippen molar-refractivity contribution in [2.24, 2.45) is 0 Å². The first-order valence-electron chi connectivity index (χ1n) is 8.02. The van der Waals surface area contributed by atoms with Gasteiger partial charge in [0.2, 0.25) is 11.6 Å². The van der Waals surface area contributed by atoms with Gasteiger partial charge in [0.1, 0.15) is 0 Å². The number of benzene rings is 2. The minimum absolute atomic E-state index is 0.439. The highest BCUT2D eigenvalue weighted by atomic mass is 32.1. The van der Waals surface area contributed by atoms with Gasteiger partial charge in [-0.15, -0.1) is 22.7 Å². The molecule has 0 unspecified atom stereocenters. The molecule has 0 saturated carbocycles. The highest BCUT2D eigenvalue weighted by molar-refractivity contribution is 7.23. The summed E-state index contributed by atoms with van der Waals surface area (Å²) in [5, 5.41) is 3.11. The molecule has 5 rings (SSSR count). The Kier molecular flexibility index (Phi) is 3.48. The van der Waals surface area contributed by atoms with E-state index in [1.807, 2.05) is 18.2 Å². The molecule has 2 nitrogen and oxygen atoms in total. The quantitative estimate of drug-likeness (QED) is 0.419. The van der Waals surface area contributed by atoms with Crippen molar-refractivity contribution in [2.45, 2.75) is 0 Å². The van der Waals surface area contributed by atoms with Crippen LogP contribution in [0.1, 0.15) is 20.7 Å². The van der Waals surface area contributed by atoms with Crippen LogP contribution in [0.4, 0.5) is 0 Å². The van der Waals surface area contributed by atoms with E-state index in [-0.39, 0.29) is 0 Å². The number of rotatable bonds is 2. The second-order valence-electron chi connectivity index (χ2n) is 5.97. The SMILES string of the molecule is O=C1C(=O)c2ccc(-c3ccc(-c4cc[c]s4)s3)cc2-c2c[c]ccc21. The van der Waals surface area contributed by atoms with Gasteiger partial charge in [-0.25, -0.2) is 0 Å². The zero-order chi connectivity index (χ0) is 17.7. The van der Waals surface area contributed by atoms with Crippen LogP contribution in [0.2, 0.25) is 0 Å². The molecule has 0 atom stereocenters. The molecule has 0 amide bonds. The molecule has 0 spiro atoms. The van der Waals surface area contributed by atoms with Crippen LogP contribution in [0.5, 0.6) is 0 Å². The van der Waals surface area contributed by atoms with Crippen LogP contribution in [-0.4, -0.2) is 11.6 Å². The Labute approximate surface area is 158 Å². The molecule has 2 aromatic heterocycles. The molecule has 4 aromatic rings. The summed E-state index contributed by atoms with van der Waals surface area (Å²) in [5.74, 6) is -0.882. The summed E-state index contributed by atoms with van der Waals surface area (Å²) in [5.41, 5.74) is 3.55. The summed E-state index contributed by atoms with van der Waals surface area (Å²) < 4.78 is 0. The van der Waals surface area contributed by atoms with Crippen LogP contribution in [0.3, 0.4) is 0 Å². The molecular weight excluding hydrogens is 360 g/mol. The number of hydrogen-bond donors (Lipinski definition) is 0. The van der Waals surface area contributed by atoms with E-state index in [9.17, 15) is 9.59 Å². The smallest absolute Gasteiger partial charge is 0.234 e. The van der Waals surface area contributed by atoms with Crippen molar-refractivity contribution in [3.8, 4) is 31.3 Å². The lowest BCUT2D eigenvalue weighted by atomic mass is 9.83. The van der Waals surface area contributed by atoms with E-state index in [4.69, 9.17) is 0 Å². The fourth-order valence-corrected chi connectivity index (χ4v) is 4.95. The fraction of sp³-hybridized carbons (Fsp3) is 0. The maximum Gasteiger partial charge on any atom is 0.234 e. The minimum Gasteiger partial charge on any atom is -0.285 e. The number of Topliss-reactive ketones (excluding diaryl/α,β-unsaturated/α-hetero) is 2. The third-order valence-corrected chi connectivity index (χ3v) is 6.60. The van der Waals surface area contributed by atoms with E-state index in [0.29, 0.717) is 11.1 Å². The van der Waals surface area contributed by atoms with Gasteiger partial charge in [0.25, 0.3) is 0 Å². The lowest BCUT2D eigenvalue weighted by molar-refractivity contribution is 0.0815. The summed E-state index contributed by atoms with van der Waals surface area (Å²) in [6, 6.07) is 22.0. The highest BCUT2D eigenvalue weighted by Crippen LogP contribution is 2.40. The minimum atomic E-state index is -0.443. The maximum atomic E-state index is 12.4. The number of hydrogen-bond acceptors (Lipinski definition) is 4. The van der Waals surface area contributed by atoms with Gasteiger partial charge in [-0.2, -0.15) is 0 Å². The highest BCUT2D eigenvalue weighted by Gasteiger charge is 2.30. The van der Waals surface area contributed by atoms with Crippen molar-refractivity contribution < 1.29 is 9.59 Å². The van der Waals surface area contributed by atoms with Gasteiger partial charge in [0.05, 0.1) is 0 Å². The molecule has 0 N–H and O–H groups in total. The number of carbonyl (C=O) groups is 2. The third kappa shape index (κ3) is 2.30. The molecule has 122 valence electrons. The molecule has 0 saturated heterocycles. The monoisotopic (exact) mass is 370 g/mol. The molecule has 2 radical (unpaired) electrons. The van der Waals surface area contributed by atoms with E-state index >= 15 is 0 Å². The number of ketones is 2. The second kappa shape index (κ2) is 5.87. The summed E-state index contributed by atoms with van der Waals surface area (Å²) in [6.45, 7) is 0. The second-order valence-corrected chi connectivity index (χ2v) is 7.94. The van der Waals surface area contributed by atoms with Crippen LogP contribution < -0.4 is 0 Å². The van der Waals surface area contributed by atoms with E-state index in [1.54, 1.807) is 46.9 Å². The molecule has 0 aliphatic heterocycles. The molecule has 2 heterocycles. The van der Waals surface area contributed by atoms with Gasteiger partial charge >= 0.3 is 0 Å². The summed E-state index contributed by atoms with van der Waals surface area (Å²) in [4.78, 5) is 28.3. The van der Waals surface area contributed by atoms with Gasteiger partial charge < -0.3 is 0 Å². The van der Waals surface area contributed by atoms with E-state index in [2.05, 4.69) is 29.6 Å². The number of carbonyl (C=O) groups excluding carboxylic acids is 2. The molecular formula is C22H10O2S2. The average molecular weight is 370 g/mol. The van der Waals surface area contributed by atoms with Crippen molar-refractivity contribution in [3.05, 3.63) is 83.2 Å². The lowest BCUT2D eigenvalue weighted by Gasteiger charge is -2.18. The molecule has 26 heavy (non-hydrogen) atoms. The van der Waals surface area contributed by atoms with Crippen LogP contribution in [0.25, 0.3) is 31.3 Å². The first-order chi connectivity index (χ1) is 12.7. The van der Waals surface area contributed by atoms with Crippen molar-refractivity contribution in [1.82, 2.24) is 0 Å². The Bertz CT molecular complexity index is 1170. The van der Waals surface area contributed by atoms with E-state index < -0.39 is 11.6 Å². The fourth-order valence-electron chi connectivity index (χ4n) is 3.21. The van der Waals surface area contributed by atoms with Gasteiger partial charge in [0, 0.05) is 31.1 Å². The molecule has 0 fully saturated rings. The van der Waals surface area contributed by atoms with Crippen LogP contribution in [0, 0.1) is 11.4 Å². The first kappa shape index (κ1) is 15.4. The Morgan fingerprint density at radius 1 is 0.692 bits per heavy atom. The maximum absolute atomic E-state index is 12.4. The Morgan fingerprint density at radius 3 is 2.31 bits per heavy atom. The summed E-state index contributed by atoms with van der Waals surface area (Å²) in [6.07, 6.45) is 0. The standard InChI is InChI=1S/C22H10O2S2/c23-21-15-5-2-1-4-14(15)17-12-13(7-8-16(17)22(21)24)18-9-10-20(26-18)19-6-3-11-25-19/h2-10,12H. The number of fused-ring (bicyclic) bond motifs is 3. The third-order valence-electron chi connectivity index (χ3n) is 4.47. The Balaban J connectivity index is 1.65. The summed E-state index contributed by atoms with van der Waals surface area (Å²) >= 11 is 3.31. The van der Waals surface area contributed by atoms with Gasteiger partial charge in [-0.3, -0.25) is 9.59 Å². The van der Waals surface area contributed by atoms with Crippen molar-refractivity contribution in [3.63, 3.8) is 0 Å². The number of thiophene rings is 2. The molecule has 0 bridgehead atoms. The predicted molar refractivity (Wildman–Crippen MR) is 105 cm³/mol. The predicted octanol–water partition coefficient (Wildman–Crippen LogP) is 5.79. The van der Waals surface area contributed by atoms with Crippen LogP contribution in [-0.2, 0) is 0 Å².